The topological polar surface area (TPSA) is 89.4 Å². The molecule has 2 heterocycles. The van der Waals surface area contributed by atoms with Crippen molar-refractivity contribution < 1.29 is 9.59 Å². The van der Waals surface area contributed by atoms with E-state index in [1.807, 2.05) is 17.0 Å². The third kappa shape index (κ3) is 2.82. The van der Waals surface area contributed by atoms with Gasteiger partial charge in [-0.2, -0.15) is 0 Å². The van der Waals surface area contributed by atoms with Gasteiger partial charge in [0.15, 0.2) is 0 Å². The molecule has 1 aliphatic rings. The van der Waals surface area contributed by atoms with E-state index in [4.69, 9.17) is 23.1 Å². The maximum atomic E-state index is 11.3. The van der Waals surface area contributed by atoms with E-state index in [0.717, 1.165) is 9.21 Å². The van der Waals surface area contributed by atoms with Crippen LogP contribution in [-0.2, 0) is 16.1 Å². The Labute approximate surface area is 114 Å². The molecule has 4 N–H and O–H groups in total. The van der Waals surface area contributed by atoms with Gasteiger partial charge in [0.25, 0.3) is 0 Å². The first kappa shape index (κ1) is 13.3. The van der Waals surface area contributed by atoms with Crippen molar-refractivity contribution in [3.8, 4) is 0 Å². The maximum Gasteiger partial charge on any atom is 0.222 e. The zero-order chi connectivity index (χ0) is 13.3. The lowest BCUT2D eigenvalue weighted by atomic mass is 9.95. The maximum absolute atomic E-state index is 11.3. The number of carbonyl (C=O) groups excluding carboxylic acids is 2. The second-order valence-corrected chi connectivity index (χ2v) is 6.22. The second-order valence-electron chi connectivity index (χ2n) is 4.42. The van der Waals surface area contributed by atoms with Crippen LogP contribution < -0.4 is 11.5 Å². The first-order valence-corrected chi connectivity index (χ1v) is 6.72. The Morgan fingerprint density at radius 1 is 1.28 bits per heavy atom. The fraction of sp³-hybridized carbons (Fsp3) is 0.455. The van der Waals surface area contributed by atoms with Gasteiger partial charge in [-0.3, -0.25) is 14.5 Å². The van der Waals surface area contributed by atoms with Gasteiger partial charge in [-0.1, -0.05) is 11.6 Å². The Kier molecular flexibility index (Phi) is 3.89. The number of hydrogen-bond donors (Lipinski definition) is 2. The van der Waals surface area contributed by atoms with Gasteiger partial charge < -0.3 is 11.5 Å². The molecule has 18 heavy (non-hydrogen) atoms. The number of thiophene rings is 1. The van der Waals surface area contributed by atoms with Gasteiger partial charge in [0.05, 0.1) is 16.2 Å². The molecule has 2 rings (SSSR count). The highest BCUT2D eigenvalue weighted by molar-refractivity contribution is 7.16. The lowest BCUT2D eigenvalue weighted by molar-refractivity contribution is -0.129. The Morgan fingerprint density at radius 3 is 2.22 bits per heavy atom. The summed E-state index contributed by atoms with van der Waals surface area (Å²) >= 11 is 7.34. The summed E-state index contributed by atoms with van der Waals surface area (Å²) in [4.78, 5) is 25.7. The highest BCUT2D eigenvalue weighted by Gasteiger charge is 2.39. The van der Waals surface area contributed by atoms with Crippen LogP contribution in [0.25, 0.3) is 0 Å². The molecule has 1 aromatic rings. The van der Waals surface area contributed by atoms with Gasteiger partial charge in [0.1, 0.15) is 0 Å². The van der Waals surface area contributed by atoms with E-state index in [1.54, 1.807) is 0 Å². The molecule has 0 radical (unpaired) electrons. The summed E-state index contributed by atoms with van der Waals surface area (Å²) in [6.45, 7) is 1.60. The lowest BCUT2D eigenvalue weighted by Gasteiger charge is -2.13. The summed E-state index contributed by atoms with van der Waals surface area (Å²) < 4.78 is 0.724. The Balaban J connectivity index is 2.04. The number of amides is 2. The number of carbonyl (C=O) groups is 2. The van der Waals surface area contributed by atoms with Crippen molar-refractivity contribution in [2.45, 2.75) is 6.54 Å². The zero-order valence-corrected chi connectivity index (χ0v) is 11.2. The van der Waals surface area contributed by atoms with Gasteiger partial charge in [-0.05, 0) is 12.1 Å². The summed E-state index contributed by atoms with van der Waals surface area (Å²) in [6.07, 6.45) is 0. The molecule has 1 saturated heterocycles. The van der Waals surface area contributed by atoms with Crippen molar-refractivity contribution in [3.05, 3.63) is 21.3 Å². The van der Waals surface area contributed by atoms with Crippen molar-refractivity contribution in [1.29, 1.82) is 0 Å². The zero-order valence-electron chi connectivity index (χ0n) is 9.64. The number of nitrogens with two attached hydrogens (primary N) is 2. The first-order valence-electron chi connectivity index (χ1n) is 5.52. The number of likely N-dealkylation sites (tertiary alicyclic amines) is 1. The van der Waals surface area contributed by atoms with Gasteiger partial charge >= 0.3 is 0 Å². The van der Waals surface area contributed by atoms with Crippen LogP contribution in [0, 0.1) is 11.8 Å². The van der Waals surface area contributed by atoms with Crippen molar-refractivity contribution in [1.82, 2.24) is 4.90 Å². The second kappa shape index (κ2) is 5.26. The van der Waals surface area contributed by atoms with Crippen LogP contribution in [-0.4, -0.2) is 29.8 Å². The fourth-order valence-electron chi connectivity index (χ4n) is 2.25. The minimum absolute atomic E-state index is 0.467. The molecule has 0 spiro atoms. The van der Waals surface area contributed by atoms with E-state index in [9.17, 15) is 9.59 Å². The van der Waals surface area contributed by atoms with E-state index in [-0.39, 0.29) is 0 Å². The van der Waals surface area contributed by atoms with Crippen molar-refractivity contribution in [3.63, 3.8) is 0 Å². The molecule has 98 valence electrons. The monoisotopic (exact) mass is 287 g/mol. The quantitative estimate of drug-likeness (QED) is 0.841. The number of hydrogen-bond acceptors (Lipinski definition) is 4. The van der Waals surface area contributed by atoms with Crippen LogP contribution in [0.15, 0.2) is 12.1 Å². The molecule has 1 aliphatic heterocycles. The molecule has 2 amide bonds. The van der Waals surface area contributed by atoms with E-state index in [2.05, 4.69) is 0 Å². The highest BCUT2D eigenvalue weighted by Crippen LogP contribution is 2.28. The highest BCUT2D eigenvalue weighted by atomic mass is 35.5. The molecule has 5 nitrogen and oxygen atoms in total. The van der Waals surface area contributed by atoms with Crippen LogP contribution in [0.5, 0.6) is 0 Å². The molecule has 2 atom stereocenters. The number of halogens is 1. The smallest absolute Gasteiger partial charge is 0.222 e. The third-order valence-corrected chi connectivity index (χ3v) is 4.35. The molecular weight excluding hydrogens is 274 g/mol. The van der Waals surface area contributed by atoms with E-state index >= 15 is 0 Å². The molecule has 1 aromatic heterocycles. The summed E-state index contributed by atoms with van der Waals surface area (Å²) in [7, 11) is 0. The summed E-state index contributed by atoms with van der Waals surface area (Å²) in [5, 5.41) is 0. The number of rotatable bonds is 4. The number of primary amides is 2. The van der Waals surface area contributed by atoms with Crippen LogP contribution in [0.4, 0.5) is 0 Å². The normalized spacial score (nSPS) is 24.3. The summed E-state index contributed by atoms with van der Waals surface area (Å²) in [5.41, 5.74) is 10.6. The van der Waals surface area contributed by atoms with Crippen LogP contribution in [0.1, 0.15) is 4.88 Å². The molecule has 0 saturated carbocycles. The average Bonchev–Trinajstić information content (AvgIpc) is 2.85. The van der Waals surface area contributed by atoms with Crippen molar-refractivity contribution in [2.24, 2.45) is 23.3 Å². The minimum atomic E-state index is -0.488. The van der Waals surface area contributed by atoms with Crippen LogP contribution >= 0.6 is 22.9 Å². The van der Waals surface area contributed by atoms with E-state index in [1.165, 1.54) is 11.3 Å². The van der Waals surface area contributed by atoms with Gasteiger partial charge in [-0.25, -0.2) is 0 Å². The molecule has 0 bridgehead atoms. The molecule has 0 aromatic carbocycles. The Morgan fingerprint density at radius 2 is 1.83 bits per heavy atom. The Hall–Kier alpha value is -1.11. The van der Waals surface area contributed by atoms with Crippen molar-refractivity contribution >= 4 is 34.8 Å². The predicted octanol–water partition coefficient (Wildman–Crippen LogP) is 0.420. The van der Waals surface area contributed by atoms with Gasteiger partial charge in [0.2, 0.25) is 11.8 Å². The number of nitrogens with zero attached hydrogens (tertiary/aromatic N) is 1. The van der Waals surface area contributed by atoms with Gasteiger partial charge in [0, 0.05) is 24.5 Å². The molecular formula is C11H14ClN3O2S. The Bertz CT molecular complexity index is 455. The molecule has 0 aliphatic carbocycles. The first-order chi connectivity index (χ1) is 8.47. The molecule has 2 unspecified atom stereocenters. The van der Waals surface area contributed by atoms with E-state index < -0.39 is 23.7 Å². The standard InChI is InChI=1S/C11H14ClN3O2S/c12-9-2-1-6(18-9)3-15-4-7(10(13)16)8(5-15)11(14)17/h1-2,7-8H,3-5H2,(H2,13,16)(H2,14,17). The molecule has 1 fully saturated rings. The lowest BCUT2D eigenvalue weighted by Crippen LogP contribution is -2.36. The van der Waals surface area contributed by atoms with E-state index in [0.29, 0.717) is 19.6 Å². The summed E-state index contributed by atoms with van der Waals surface area (Å²) in [5.74, 6) is -1.91. The van der Waals surface area contributed by atoms with Crippen LogP contribution in [0.3, 0.4) is 0 Å². The van der Waals surface area contributed by atoms with Gasteiger partial charge in [-0.15, -0.1) is 11.3 Å². The molecule has 7 heteroatoms. The third-order valence-electron chi connectivity index (χ3n) is 3.13. The SMILES string of the molecule is NC(=O)C1CN(Cc2ccc(Cl)s2)CC1C(N)=O. The predicted molar refractivity (Wildman–Crippen MR) is 70.0 cm³/mol. The average molecular weight is 288 g/mol. The minimum Gasteiger partial charge on any atom is -0.369 e. The largest absolute Gasteiger partial charge is 0.369 e. The summed E-state index contributed by atoms with van der Waals surface area (Å²) in [6, 6.07) is 3.76. The fourth-order valence-corrected chi connectivity index (χ4v) is 3.38. The van der Waals surface area contributed by atoms with Crippen molar-refractivity contribution in [2.75, 3.05) is 13.1 Å². The van der Waals surface area contributed by atoms with Crippen LogP contribution in [0.2, 0.25) is 4.34 Å².